The molecule has 0 spiro atoms. The zero-order chi connectivity index (χ0) is 16.8. The average molecular weight is 316 g/mol. The second-order valence-corrected chi connectivity index (χ2v) is 5.54. The summed E-state index contributed by atoms with van der Waals surface area (Å²) < 4.78 is 18.2. The number of carbonyl (C=O) groups is 1. The molecular weight excluding hydrogens is 295 g/mol. The van der Waals surface area contributed by atoms with Gasteiger partial charge < -0.3 is 10.1 Å². The summed E-state index contributed by atoms with van der Waals surface area (Å²) in [5.41, 5.74) is 2.76. The Labute approximate surface area is 135 Å². The van der Waals surface area contributed by atoms with Crippen molar-refractivity contribution in [3.05, 3.63) is 59.4 Å². The van der Waals surface area contributed by atoms with E-state index in [0.29, 0.717) is 12.2 Å². The molecule has 122 valence electrons. The first kappa shape index (κ1) is 17.0. The maximum Gasteiger partial charge on any atom is 0.238 e. The van der Waals surface area contributed by atoms with Crippen LogP contribution < -0.4 is 10.1 Å². The van der Waals surface area contributed by atoms with Gasteiger partial charge in [0.25, 0.3) is 0 Å². The van der Waals surface area contributed by atoms with E-state index in [2.05, 4.69) is 5.32 Å². The summed E-state index contributed by atoms with van der Waals surface area (Å²) in [5.74, 6) is 0.332. The number of halogens is 1. The van der Waals surface area contributed by atoms with Crippen LogP contribution in [0.5, 0.6) is 5.75 Å². The maximum absolute atomic E-state index is 12.8. The number of hydrogen-bond acceptors (Lipinski definition) is 3. The standard InChI is InChI=1S/C18H21FN2O2/c1-13-4-9-17(23-3)14(10-13)11-21(2)12-18(22)20-16-7-5-15(19)6-8-16/h4-10H,11-12H2,1-3H3,(H,20,22). The van der Waals surface area contributed by atoms with Crippen LogP contribution in [0, 0.1) is 12.7 Å². The molecular formula is C18H21FN2O2. The molecule has 0 fully saturated rings. The molecule has 23 heavy (non-hydrogen) atoms. The molecule has 2 aromatic rings. The van der Waals surface area contributed by atoms with Gasteiger partial charge in [-0.2, -0.15) is 0 Å². The van der Waals surface area contributed by atoms with Crippen LogP contribution in [0.25, 0.3) is 0 Å². The number of aryl methyl sites for hydroxylation is 1. The van der Waals surface area contributed by atoms with Crippen molar-refractivity contribution in [1.82, 2.24) is 4.90 Å². The Hall–Kier alpha value is -2.40. The summed E-state index contributed by atoms with van der Waals surface area (Å²) >= 11 is 0. The summed E-state index contributed by atoms with van der Waals surface area (Å²) in [5, 5.41) is 2.75. The molecule has 0 heterocycles. The molecule has 0 bridgehead atoms. The highest BCUT2D eigenvalue weighted by molar-refractivity contribution is 5.92. The fourth-order valence-corrected chi connectivity index (χ4v) is 2.36. The van der Waals surface area contributed by atoms with Gasteiger partial charge in [0.15, 0.2) is 0 Å². The third-order valence-electron chi connectivity index (χ3n) is 3.42. The van der Waals surface area contributed by atoms with E-state index in [-0.39, 0.29) is 18.3 Å². The van der Waals surface area contributed by atoms with Crippen LogP contribution in [-0.4, -0.2) is 31.5 Å². The molecule has 0 aromatic heterocycles. The Kier molecular flexibility index (Phi) is 5.71. The van der Waals surface area contributed by atoms with Crippen molar-refractivity contribution in [2.24, 2.45) is 0 Å². The monoisotopic (exact) mass is 316 g/mol. The van der Waals surface area contributed by atoms with Crippen molar-refractivity contribution >= 4 is 11.6 Å². The molecule has 0 aliphatic rings. The minimum absolute atomic E-state index is 0.147. The van der Waals surface area contributed by atoms with Crippen molar-refractivity contribution < 1.29 is 13.9 Å². The van der Waals surface area contributed by atoms with Crippen molar-refractivity contribution in [2.75, 3.05) is 26.0 Å². The Balaban J connectivity index is 1.93. The first-order valence-corrected chi connectivity index (χ1v) is 7.35. The van der Waals surface area contributed by atoms with E-state index < -0.39 is 0 Å². The summed E-state index contributed by atoms with van der Waals surface area (Å²) in [6.07, 6.45) is 0. The number of anilines is 1. The lowest BCUT2D eigenvalue weighted by Crippen LogP contribution is -2.30. The third-order valence-corrected chi connectivity index (χ3v) is 3.42. The Bertz CT molecular complexity index is 671. The number of ether oxygens (including phenoxy) is 1. The quantitative estimate of drug-likeness (QED) is 0.890. The van der Waals surface area contributed by atoms with Crippen LogP contribution in [0.3, 0.4) is 0 Å². The normalized spacial score (nSPS) is 10.7. The van der Waals surface area contributed by atoms with Gasteiger partial charge in [-0.15, -0.1) is 0 Å². The Morgan fingerprint density at radius 2 is 1.91 bits per heavy atom. The zero-order valence-corrected chi connectivity index (χ0v) is 13.6. The fourth-order valence-electron chi connectivity index (χ4n) is 2.36. The lowest BCUT2D eigenvalue weighted by Gasteiger charge is -2.18. The number of nitrogens with one attached hydrogen (secondary N) is 1. The SMILES string of the molecule is COc1ccc(C)cc1CN(C)CC(=O)Nc1ccc(F)cc1. The molecule has 0 aliphatic carbocycles. The predicted octanol–water partition coefficient (Wildman–Crippen LogP) is 3.21. The summed E-state index contributed by atoms with van der Waals surface area (Å²) in [4.78, 5) is 13.9. The predicted molar refractivity (Wildman–Crippen MR) is 89.1 cm³/mol. The second-order valence-electron chi connectivity index (χ2n) is 5.54. The Morgan fingerprint density at radius 1 is 1.22 bits per heavy atom. The molecule has 5 heteroatoms. The van der Waals surface area contributed by atoms with Crippen LogP contribution in [-0.2, 0) is 11.3 Å². The average Bonchev–Trinajstić information content (AvgIpc) is 2.49. The zero-order valence-electron chi connectivity index (χ0n) is 13.6. The van der Waals surface area contributed by atoms with Crippen molar-refractivity contribution in [3.63, 3.8) is 0 Å². The summed E-state index contributed by atoms with van der Waals surface area (Å²) in [7, 11) is 3.50. The fraction of sp³-hybridized carbons (Fsp3) is 0.278. The lowest BCUT2D eigenvalue weighted by molar-refractivity contribution is -0.117. The van der Waals surface area contributed by atoms with Gasteiger partial charge in [-0.3, -0.25) is 9.69 Å². The van der Waals surface area contributed by atoms with E-state index in [1.54, 1.807) is 7.11 Å². The van der Waals surface area contributed by atoms with Crippen molar-refractivity contribution in [1.29, 1.82) is 0 Å². The number of carbonyl (C=O) groups excluding carboxylic acids is 1. The first-order chi connectivity index (χ1) is 11.0. The van der Waals surface area contributed by atoms with E-state index in [4.69, 9.17) is 4.74 Å². The van der Waals surface area contributed by atoms with E-state index in [1.165, 1.54) is 24.3 Å². The van der Waals surface area contributed by atoms with E-state index in [0.717, 1.165) is 16.9 Å². The van der Waals surface area contributed by atoms with Gasteiger partial charge in [0.2, 0.25) is 5.91 Å². The number of benzene rings is 2. The minimum atomic E-state index is -0.327. The number of hydrogen-bond donors (Lipinski definition) is 1. The Morgan fingerprint density at radius 3 is 2.57 bits per heavy atom. The molecule has 4 nitrogen and oxygen atoms in total. The minimum Gasteiger partial charge on any atom is -0.496 e. The molecule has 2 aromatic carbocycles. The van der Waals surface area contributed by atoms with Crippen molar-refractivity contribution in [2.45, 2.75) is 13.5 Å². The largest absolute Gasteiger partial charge is 0.496 e. The van der Waals surface area contributed by atoms with Crippen LogP contribution in [0.4, 0.5) is 10.1 Å². The van der Waals surface area contributed by atoms with Crippen LogP contribution in [0.1, 0.15) is 11.1 Å². The van der Waals surface area contributed by atoms with Gasteiger partial charge in [0, 0.05) is 17.8 Å². The second kappa shape index (κ2) is 7.74. The maximum atomic E-state index is 12.8. The lowest BCUT2D eigenvalue weighted by atomic mass is 10.1. The van der Waals surface area contributed by atoms with Crippen LogP contribution in [0.15, 0.2) is 42.5 Å². The highest BCUT2D eigenvalue weighted by atomic mass is 19.1. The highest BCUT2D eigenvalue weighted by Gasteiger charge is 2.11. The number of rotatable bonds is 6. The summed E-state index contributed by atoms with van der Waals surface area (Å²) in [6.45, 7) is 2.85. The number of methoxy groups -OCH3 is 1. The third kappa shape index (κ3) is 5.07. The molecule has 0 saturated heterocycles. The van der Waals surface area contributed by atoms with Gasteiger partial charge in [0.05, 0.1) is 13.7 Å². The molecule has 1 amide bonds. The smallest absolute Gasteiger partial charge is 0.238 e. The summed E-state index contributed by atoms with van der Waals surface area (Å²) in [6, 6.07) is 11.7. The molecule has 0 radical (unpaired) electrons. The molecule has 0 unspecified atom stereocenters. The number of likely N-dealkylation sites (N-methyl/N-ethyl adjacent to an activating group) is 1. The molecule has 2 rings (SSSR count). The van der Waals surface area contributed by atoms with Gasteiger partial charge in [-0.1, -0.05) is 17.7 Å². The highest BCUT2D eigenvalue weighted by Crippen LogP contribution is 2.21. The van der Waals surface area contributed by atoms with Crippen LogP contribution >= 0.6 is 0 Å². The van der Waals surface area contributed by atoms with Gasteiger partial charge >= 0.3 is 0 Å². The van der Waals surface area contributed by atoms with E-state index in [9.17, 15) is 9.18 Å². The van der Waals surface area contributed by atoms with Gasteiger partial charge in [0.1, 0.15) is 11.6 Å². The van der Waals surface area contributed by atoms with E-state index >= 15 is 0 Å². The topological polar surface area (TPSA) is 41.6 Å². The molecule has 0 atom stereocenters. The van der Waals surface area contributed by atoms with Crippen molar-refractivity contribution in [3.8, 4) is 5.75 Å². The molecule has 1 N–H and O–H groups in total. The number of amides is 1. The first-order valence-electron chi connectivity index (χ1n) is 7.35. The van der Waals surface area contributed by atoms with Crippen LogP contribution in [0.2, 0.25) is 0 Å². The molecule has 0 aliphatic heterocycles. The van der Waals surface area contributed by atoms with Gasteiger partial charge in [-0.25, -0.2) is 4.39 Å². The molecule has 0 saturated carbocycles. The number of nitrogens with zero attached hydrogens (tertiary/aromatic N) is 1. The van der Waals surface area contributed by atoms with E-state index in [1.807, 2.05) is 37.1 Å². The van der Waals surface area contributed by atoms with Gasteiger partial charge in [-0.05, 0) is 44.3 Å².